The van der Waals surface area contributed by atoms with Gasteiger partial charge in [0.1, 0.15) is 11.6 Å². The summed E-state index contributed by atoms with van der Waals surface area (Å²) in [4.78, 5) is 24.8. The van der Waals surface area contributed by atoms with Crippen LogP contribution in [0, 0.1) is 18.6 Å². The number of aryl methyl sites for hydroxylation is 1. The number of carbonyl (C=O) groups excluding carboxylic acids is 2. The fourth-order valence-corrected chi connectivity index (χ4v) is 3.69. The van der Waals surface area contributed by atoms with Crippen LogP contribution in [0.1, 0.15) is 44.1 Å². The fraction of sp³-hybridized carbons (Fsp3) is 0.261. The van der Waals surface area contributed by atoms with Gasteiger partial charge < -0.3 is 10.6 Å². The summed E-state index contributed by atoms with van der Waals surface area (Å²) < 4.78 is 28.6. The van der Waals surface area contributed by atoms with E-state index in [1.165, 1.54) is 18.2 Å². The first-order valence-corrected chi connectivity index (χ1v) is 10.1. The van der Waals surface area contributed by atoms with Crippen LogP contribution < -0.4 is 10.6 Å². The third-order valence-corrected chi connectivity index (χ3v) is 5.35. The zero-order chi connectivity index (χ0) is 22.0. The van der Waals surface area contributed by atoms with Gasteiger partial charge in [-0.15, -0.1) is 0 Å². The summed E-state index contributed by atoms with van der Waals surface area (Å²) in [7, 11) is 0. The van der Waals surface area contributed by atoms with Crippen LogP contribution in [0.4, 0.5) is 8.78 Å². The van der Waals surface area contributed by atoms with E-state index in [9.17, 15) is 18.4 Å². The van der Waals surface area contributed by atoms with Crippen LogP contribution in [0.25, 0.3) is 5.69 Å². The Labute approximate surface area is 178 Å². The smallest absolute Gasteiger partial charge is 0.272 e. The summed E-state index contributed by atoms with van der Waals surface area (Å²) in [6, 6.07) is 10.3. The van der Waals surface area contributed by atoms with E-state index in [-0.39, 0.29) is 30.4 Å². The zero-order valence-electron chi connectivity index (χ0n) is 17.0. The van der Waals surface area contributed by atoms with Crippen LogP contribution in [0.3, 0.4) is 0 Å². The minimum absolute atomic E-state index is 0.195. The van der Waals surface area contributed by atoms with Crippen molar-refractivity contribution in [3.05, 3.63) is 82.2 Å². The summed E-state index contributed by atoms with van der Waals surface area (Å²) in [5.41, 5.74) is 3.62. The molecule has 3 aromatic rings. The molecule has 160 valence electrons. The Bertz CT molecular complexity index is 1140. The van der Waals surface area contributed by atoms with Crippen molar-refractivity contribution >= 4 is 11.8 Å². The first-order chi connectivity index (χ1) is 14.9. The largest absolute Gasteiger partial charge is 0.350 e. The zero-order valence-corrected chi connectivity index (χ0v) is 17.0. The second kappa shape index (κ2) is 8.67. The Balaban J connectivity index is 1.38. The number of carbonyl (C=O) groups is 2. The summed E-state index contributed by atoms with van der Waals surface area (Å²) >= 11 is 0. The van der Waals surface area contributed by atoms with Crippen LogP contribution in [-0.4, -0.2) is 34.7 Å². The van der Waals surface area contributed by atoms with E-state index in [1.807, 2.05) is 0 Å². The standard InChI is InChI=1S/C23H22F2N4O2/c1-14-5-6-15(13-19(14)25)22(30)26-11-12-27-23(31)21-18-3-2-4-20(18)29(28-21)17-9-7-16(24)8-10-17/h5-10,13H,2-4,11-12H2,1H3,(H,26,30)(H,27,31). The molecule has 2 amide bonds. The third kappa shape index (κ3) is 4.33. The molecule has 0 aliphatic heterocycles. The molecule has 1 aliphatic carbocycles. The highest BCUT2D eigenvalue weighted by Crippen LogP contribution is 2.27. The average molecular weight is 424 g/mol. The van der Waals surface area contributed by atoms with Crippen molar-refractivity contribution in [3.8, 4) is 5.69 Å². The lowest BCUT2D eigenvalue weighted by Gasteiger charge is -2.08. The number of nitrogens with one attached hydrogen (secondary N) is 2. The summed E-state index contributed by atoms with van der Waals surface area (Å²) in [6.45, 7) is 2.03. The first-order valence-electron chi connectivity index (χ1n) is 10.1. The van der Waals surface area contributed by atoms with Gasteiger partial charge in [0.25, 0.3) is 11.8 Å². The summed E-state index contributed by atoms with van der Waals surface area (Å²) in [5, 5.41) is 9.89. The summed E-state index contributed by atoms with van der Waals surface area (Å²) in [5.74, 6) is -1.50. The number of amides is 2. The lowest BCUT2D eigenvalue weighted by molar-refractivity contribution is 0.0924. The molecule has 0 unspecified atom stereocenters. The van der Waals surface area contributed by atoms with E-state index in [2.05, 4.69) is 15.7 Å². The van der Waals surface area contributed by atoms with Crippen LogP contribution in [0.5, 0.6) is 0 Å². The molecule has 0 saturated carbocycles. The van der Waals surface area contributed by atoms with Crippen molar-refractivity contribution < 1.29 is 18.4 Å². The molecule has 0 bridgehead atoms. The van der Waals surface area contributed by atoms with Crippen LogP contribution >= 0.6 is 0 Å². The Morgan fingerprint density at radius 2 is 1.71 bits per heavy atom. The molecule has 0 radical (unpaired) electrons. The molecule has 31 heavy (non-hydrogen) atoms. The number of hydrogen-bond acceptors (Lipinski definition) is 3. The normalized spacial score (nSPS) is 12.5. The quantitative estimate of drug-likeness (QED) is 0.597. The minimum Gasteiger partial charge on any atom is -0.350 e. The molecule has 8 heteroatoms. The van der Waals surface area contributed by atoms with E-state index < -0.39 is 11.7 Å². The van der Waals surface area contributed by atoms with Crippen molar-refractivity contribution in [2.45, 2.75) is 26.2 Å². The van der Waals surface area contributed by atoms with E-state index in [1.54, 1.807) is 35.9 Å². The van der Waals surface area contributed by atoms with Gasteiger partial charge in [-0.25, -0.2) is 13.5 Å². The Hall–Kier alpha value is -3.55. The molecule has 6 nitrogen and oxygen atoms in total. The van der Waals surface area contributed by atoms with E-state index >= 15 is 0 Å². The average Bonchev–Trinajstić information content (AvgIpc) is 3.36. The Kier molecular flexibility index (Phi) is 5.79. The lowest BCUT2D eigenvalue weighted by Crippen LogP contribution is -2.35. The lowest BCUT2D eigenvalue weighted by atomic mass is 10.1. The maximum absolute atomic E-state index is 13.6. The SMILES string of the molecule is Cc1ccc(C(=O)NCCNC(=O)c2nn(-c3ccc(F)cc3)c3c2CCC3)cc1F. The van der Waals surface area contributed by atoms with E-state index in [4.69, 9.17) is 0 Å². The van der Waals surface area contributed by atoms with Crippen molar-refractivity contribution in [1.29, 1.82) is 0 Å². The number of nitrogens with zero attached hydrogens (tertiary/aromatic N) is 2. The van der Waals surface area contributed by atoms with Gasteiger partial charge in [0.2, 0.25) is 0 Å². The molecule has 0 atom stereocenters. The summed E-state index contributed by atoms with van der Waals surface area (Å²) in [6.07, 6.45) is 2.49. The van der Waals surface area contributed by atoms with Gasteiger partial charge in [-0.2, -0.15) is 5.10 Å². The third-order valence-electron chi connectivity index (χ3n) is 5.35. The minimum atomic E-state index is -0.438. The van der Waals surface area contributed by atoms with Crippen LogP contribution in [0.2, 0.25) is 0 Å². The molecule has 0 spiro atoms. The van der Waals surface area contributed by atoms with Crippen LogP contribution in [0.15, 0.2) is 42.5 Å². The number of rotatable bonds is 6. The van der Waals surface area contributed by atoms with Crippen molar-refractivity contribution in [2.75, 3.05) is 13.1 Å². The topological polar surface area (TPSA) is 76.0 Å². The highest BCUT2D eigenvalue weighted by molar-refractivity contribution is 5.95. The first kappa shape index (κ1) is 20.7. The molecule has 1 heterocycles. The van der Waals surface area contributed by atoms with Gasteiger partial charge in [-0.1, -0.05) is 6.07 Å². The molecule has 2 N–H and O–H groups in total. The molecular weight excluding hydrogens is 402 g/mol. The maximum atomic E-state index is 13.6. The van der Waals surface area contributed by atoms with Gasteiger partial charge in [-0.05, 0) is 68.1 Å². The highest BCUT2D eigenvalue weighted by Gasteiger charge is 2.26. The molecule has 0 fully saturated rings. The van der Waals surface area contributed by atoms with Crippen molar-refractivity contribution in [1.82, 2.24) is 20.4 Å². The van der Waals surface area contributed by atoms with Crippen molar-refractivity contribution in [2.24, 2.45) is 0 Å². The van der Waals surface area contributed by atoms with Gasteiger partial charge in [0, 0.05) is 29.9 Å². The predicted octanol–water partition coefficient (Wildman–Crippen LogP) is 3.11. The number of hydrogen-bond donors (Lipinski definition) is 2. The number of aromatic nitrogens is 2. The Morgan fingerprint density at radius 1 is 1.00 bits per heavy atom. The monoisotopic (exact) mass is 424 g/mol. The van der Waals surface area contributed by atoms with Crippen molar-refractivity contribution in [3.63, 3.8) is 0 Å². The van der Waals surface area contributed by atoms with Gasteiger partial charge in [0.05, 0.1) is 5.69 Å². The molecular formula is C23H22F2N4O2. The molecule has 1 aromatic heterocycles. The van der Waals surface area contributed by atoms with Gasteiger partial charge >= 0.3 is 0 Å². The Morgan fingerprint density at radius 3 is 2.42 bits per heavy atom. The second-order valence-corrected chi connectivity index (χ2v) is 7.49. The van der Waals surface area contributed by atoms with Gasteiger partial charge in [0.15, 0.2) is 5.69 Å². The number of benzene rings is 2. The van der Waals surface area contributed by atoms with Gasteiger partial charge in [-0.3, -0.25) is 9.59 Å². The van der Waals surface area contributed by atoms with Crippen LogP contribution in [-0.2, 0) is 12.8 Å². The number of fused-ring (bicyclic) bond motifs is 1. The van der Waals surface area contributed by atoms with E-state index in [0.717, 1.165) is 30.5 Å². The highest BCUT2D eigenvalue weighted by atomic mass is 19.1. The second-order valence-electron chi connectivity index (χ2n) is 7.49. The maximum Gasteiger partial charge on any atom is 0.272 e. The fourth-order valence-electron chi connectivity index (χ4n) is 3.69. The molecule has 1 aliphatic rings. The molecule has 0 saturated heterocycles. The molecule has 4 rings (SSSR count). The molecule has 2 aromatic carbocycles. The predicted molar refractivity (Wildman–Crippen MR) is 111 cm³/mol. The van der Waals surface area contributed by atoms with E-state index in [0.29, 0.717) is 16.9 Å². The number of halogens is 2.